The molecule has 0 saturated carbocycles. The summed E-state index contributed by atoms with van der Waals surface area (Å²) in [6, 6.07) is 13.4. The van der Waals surface area contributed by atoms with E-state index in [0.29, 0.717) is 32.8 Å². The maximum Gasteiger partial charge on any atom is 0.301 e. The number of aromatic nitrogens is 3. The van der Waals surface area contributed by atoms with E-state index in [1.165, 1.54) is 28.2 Å². The van der Waals surface area contributed by atoms with E-state index in [1.54, 1.807) is 31.2 Å². The minimum absolute atomic E-state index is 0.131. The lowest BCUT2D eigenvalue weighted by atomic mass is 10.2. The molecule has 0 bridgehead atoms. The second-order valence-corrected chi connectivity index (χ2v) is 9.57. The zero-order chi connectivity index (χ0) is 22.9. The lowest BCUT2D eigenvalue weighted by molar-refractivity contribution is 0.482. The van der Waals surface area contributed by atoms with Crippen molar-refractivity contribution in [3.8, 4) is 16.4 Å². The zero-order valence-electron chi connectivity index (χ0n) is 16.6. The molecule has 32 heavy (non-hydrogen) atoms. The zero-order valence-corrected chi connectivity index (χ0v) is 18.9. The van der Waals surface area contributed by atoms with Crippen LogP contribution >= 0.6 is 22.9 Å². The number of halogens is 1. The van der Waals surface area contributed by atoms with Gasteiger partial charge in [-0.15, -0.1) is 16.5 Å². The number of aromatic amines is 1. The number of thiazole rings is 1. The lowest BCUT2D eigenvalue weighted by Crippen LogP contribution is -2.13. The van der Waals surface area contributed by atoms with Crippen molar-refractivity contribution in [2.45, 2.75) is 12.7 Å². The van der Waals surface area contributed by atoms with Crippen molar-refractivity contribution < 1.29 is 13.0 Å². The molecule has 4 rings (SSSR count). The van der Waals surface area contributed by atoms with E-state index in [9.17, 15) is 13.2 Å². The summed E-state index contributed by atoms with van der Waals surface area (Å²) in [5, 5.41) is 13.9. The summed E-state index contributed by atoms with van der Waals surface area (Å²) in [5.41, 5.74) is 2.61. The smallest absolute Gasteiger partial charge is 0.291 e. The molecule has 2 aromatic heterocycles. The molecule has 0 aliphatic heterocycles. The van der Waals surface area contributed by atoms with Crippen LogP contribution in [0.3, 0.4) is 0 Å². The van der Waals surface area contributed by atoms with Crippen LogP contribution in [0.15, 0.2) is 68.9 Å². The Hall–Kier alpha value is -3.12. The van der Waals surface area contributed by atoms with Crippen molar-refractivity contribution in [1.29, 1.82) is 0 Å². The summed E-state index contributed by atoms with van der Waals surface area (Å²) in [4.78, 5) is 17.4. The van der Waals surface area contributed by atoms with Crippen molar-refractivity contribution in [3.63, 3.8) is 0 Å². The quantitative estimate of drug-likeness (QED) is 0.289. The highest BCUT2D eigenvalue weighted by Gasteiger charge is 2.15. The molecule has 0 aliphatic carbocycles. The Morgan fingerprint density at radius 2 is 1.94 bits per heavy atom. The number of nitrogens with one attached hydrogen (secondary N) is 1. The van der Waals surface area contributed by atoms with Crippen LogP contribution in [-0.2, 0) is 15.9 Å². The molecule has 0 unspecified atom stereocenters. The maximum atomic E-state index is 12.9. The third-order valence-corrected chi connectivity index (χ3v) is 6.15. The fourth-order valence-electron chi connectivity index (χ4n) is 2.91. The molecule has 164 valence electrons. The number of benzene rings is 2. The van der Waals surface area contributed by atoms with Gasteiger partial charge in [0.25, 0.3) is 10.1 Å². The highest BCUT2D eigenvalue weighted by molar-refractivity contribution is 7.85. The van der Waals surface area contributed by atoms with Crippen molar-refractivity contribution in [3.05, 3.63) is 80.5 Å². The number of hydrogen-bond acceptors (Lipinski definition) is 7. The van der Waals surface area contributed by atoms with Gasteiger partial charge in [-0.1, -0.05) is 35.9 Å². The summed E-state index contributed by atoms with van der Waals surface area (Å²) in [5.74, 6) is -0.489. The molecule has 0 spiro atoms. The number of aryl methyl sites for hydroxylation is 1. The Morgan fingerprint density at radius 1 is 1.19 bits per heavy atom. The van der Waals surface area contributed by atoms with Gasteiger partial charge in [0.05, 0.1) is 17.1 Å². The minimum atomic E-state index is -4.11. The number of nitrogens with zero attached hydrogens (tertiary/aromatic N) is 4. The first-order valence-corrected chi connectivity index (χ1v) is 12.1. The molecular formula is C20H16ClN5O4S2. The van der Waals surface area contributed by atoms with Crippen LogP contribution in [0.5, 0.6) is 0 Å². The van der Waals surface area contributed by atoms with Gasteiger partial charge >= 0.3 is 5.56 Å². The topological polar surface area (TPSA) is 130 Å². The first-order chi connectivity index (χ1) is 15.2. The Bertz CT molecular complexity index is 1470. The average molecular weight is 490 g/mol. The lowest BCUT2D eigenvalue weighted by Gasteiger charge is -1.98. The first-order valence-electron chi connectivity index (χ1n) is 9.19. The second-order valence-electron chi connectivity index (χ2n) is 6.84. The number of hydrogen-bond donors (Lipinski definition) is 2. The van der Waals surface area contributed by atoms with E-state index < -0.39 is 21.4 Å². The summed E-state index contributed by atoms with van der Waals surface area (Å²) in [6.45, 7) is 1.70. The first kappa shape index (κ1) is 22.1. The van der Waals surface area contributed by atoms with Gasteiger partial charge in [0.1, 0.15) is 5.75 Å². The van der Waals surface area contributed by atoms with Crippen molar-refractivity contribution >= 4 is 44.4 Å². The summed E-state index contributed by atoms with van der Waals surface area (Å²) < 4.78 is 32.1. The Labute approximate surface area is 191 Å². The van der Waals surface area contributed by atoms with Gasteiger partial charge in [0.2, 0.25) is 5.13 Å². The Kier molecular flexibility index (Phi) is 6.07. The van der Waals surface area contributed by atoms with Crippen molar-refractivity contribution in [2.75, 3.05) is 0 Å². The molecule has 0 saturated heterocycles. The van der Waals surface area contributed by atoms with E-state index in [0.717, 1.165) is 5.56 Å². The highest BCUT2D eigenvalue weighted by atomic mass is 35.5. The van der Waals surface area contributed by atoms with Gasteiger partial charge in [-0.05, 0) is 36.8 Å². The number of rotatable bonds is 6. The van der Waals surface area contributed by atoms with E-state index in [2.05, 4.69) is 20.3 Å². The van der Waals surface area contributed by atoms with Crippen LogP contribution in [0, 0.1) is 6.92 Å². The normalized spacial score (nSPS) is 12.0. The standard InChI is InChI=1S/C20H16ClN5O4S2/c1-12-18(24-23-16-7-5-13(6-8-16)11-32(28,29)30)19(27)26(25-12)20-22-17(10-31-20)14-3-2-4-15(21)9-14/h2-10,25H,11H2,1H3,(H,28,29,30). The van der Waals surface area contributed by atoms with Gasteiger partial charge in [-0.2, -0.15) is 18.2 Å². The fraction of sp³-hybridized carbons (Fsp3) is 0.100. The SMILES string of the molecule is Cc1[nH]n(-c2nc(-c3cccc(Cl)c3)cs2)c(=O)c1N=Nc1ccc(CS(=O)(=O)O)cc1. The molecule has 0 amide bonds. The summed E-state index contributed by atoms with van der Waals surface area (Å²) >= 11 is 7.34. The number of azo groups is 1. The van der Waals surface area contributed by atoms with E-state index in [-0.39, 0.29) is 5.69 Å². The van der Waals surface area contributed by atoms with Gasteiger partial charge in [0.15, 0.2) is 5.69 Å². The fourth-order valence-corrected chi connectivity index (χ4v) is 4.51. The predicted octanol–water partition coefficient (Wildman–Crippen LogP) is 5.05. The number of H-pyrrole nitrogens is 1. The van der Waals surface area contributed by atoms with Crippen molar-refractivity contribution in [1.82, 2.24) is 14.8 Å². The molecule has 0 radical (unpaired) electrons. The van der Waals surface area contributed by atoms with Crippen LogP contribution in [0.1, 0.15) is 11.3 Å². The molecule has 0 atom stereocenters. The Morgan fingerprint density at radius 3 is 2.62 bits per heavy atom. The summed E-state index contributed by atoms with van der Waals surface area (Å²) in [7, 11) is -4.11. The van der Waals surface area contributed by atoms with Gasteiger partial charge in [-0.25, -0.2) is 4.98 Å². The minimum Gasteiger partial charge on any atom is -0.291 e. The molecule has 0 fully saturated rings. The van der Waals surface area contributed by atoms with E-state index in [4.69, 9.17) is 16.2 Å². The second kappa shape index (κ2) is 8.79. The molecule has 2 heterocycles. The van der Waals surface area contributed by atoms with E-state index in [1.807, 2.05) is 17.5 Å². The molecule has 2 N–H and O–H groups in total. The Balaban J connectivity index is 1.58. The molecule has 9 nitrogen and oxygen atoms in total. The average Bonchev–Trinajstić information content (AvgIpc) is 3.32. The third kappa shape index (κ3) is 5.02. The van der Waals surface area contributed by atoms with E-state index >= 15 is 0 Å². The maximum absolute atomic E-state index is 12.9. The summed E-state index contributed by atoms with van der Waals surface area (Å²) in [6.07, 6.45) is 0. The monoisotopic (exact) mass is 489 g/mol. The molecule has 12 heteroatoms. The van der Waals surface area contributed by atoms with Gasteiger partial charge in [0, 0.05) is 16.0 Å². The largest absolute Gasteiger partial charge is 0.301 e. The van der Waals surface area contributed by atoms with Gasteiger partial charge in [-0.3, -0.25) is 14.4 Å². The van der Waals surface area contributed by atoms with Crippen LogP contribution in [-0.4, -0.2) is 27.7 Å². The van der Waals surface area contributed by atoms with Crippen LogP contribution in [0.4, 0.5) is 11.4 Å². The molecule has 0 aliphatic rings. The van der Waals surface area contributed by atoms with Crippen LogP contribution < -0.4 is 5.56 Å². The highest BCUT2D eigenvalue weighted by Crippen LogP contribution is 2.26. The van der Waals surface area contributed by atoms with Gasteiger partial charge < -0.3 is 0 Å². The van der Waals surface area contributed by atoms with Crippen molar-refractivity contribution in [2.24, 2.45) is 10.2 Å². The molecule has 2 aromatic carbocycles. The third-order valence-electron chi connectivity index (χ3n) is 4.39. The van der Waals surface area contributed by atoms with Crippen LogP contribution in [0.25, 0.3) is 16.4 Å². The predicted molar refractivity (Wildman–Crippen MR) is 123 cm³/mol. The molecular weight excluding hydrogens is 474 g/mol. The molecule has 4 aromatic rings. The van der Waals surface area contributed by atoms with Crippen LogP contribution in [0.2, 0.25) is 5.02 Å².